The second-order valence-corrected chi connectivity index (χ2v) is 8.67. The Morgan fingerprint density at radius 2 is 2.00 bits per heavy atom. The first-order valence-electron chi connectivity index (χ1n) is 10.3. The number of thioether (sulfide) groups is 1. The Balaban J connectivity index is 1.38. The molecule has 3 aromatic rings. The number of nitrogens with one attached hydrogen (secondary N) is 1. The highest BCUT2D eigenvalue weighted by Crippen LogP contribution is 2.31. The molecular weight excluding hydrogens is 453 g/mol. The Kier molecular flexibility index (Phi) is 7.29. The predicted octanol–water partition coefficient (Wildman–Crippen LogP) is 4.40. The molecule has 0 atom stereocenters. The Bertz CT molecular complexity index is 1090. The van der Waals surface area contributed by atoms with Crippen LogP contribution in [0.1, 0.15) is 6.92 Å². The van der Waals surface area contributed by atoms with Gasteiger partial charge >= 0.3 is 0 Å². The first-order valence-corrected chi connectivity index (χ1v) is 11.7. The highest BCUT2D eigenvalue weighted by molar-refractivity contribution is 7.99. The molecule has 1 saturated heterocycles. The molecule has 0 bridgehead atoms. The second kappa shape index (κ2) is 10.3. The first kappa shape index (κ1) is 22.6. The van der Waals surface area contributed by atoms with E-state index >= 15 is 0 Å². The summed E-state index contributed by atoms with van der Waals surface area (Å²) in [5.74, 6) is -0.310. The van der Waals surface area contributed by atoms with E-state index in [0.29, 0.717) is 16.3 Å². The number of piperazine rings is 1. The molecular formula is C22H23ClFN5O2S. The Morgan fingerprint density at radius 1 is 1.19 bits per heavy atom. The van der Waals surface area contributed by atoms with E-state index in [-0.39, 0.29) is 28.6 Å². The van der Waals surface area contributed by atoms with Crippen molar-refractivity contribution in [3.8, 4) is 11.5 Å². The zero-order valence-corrected chi connectivity index (χ0v) is 19.1. The van der Waals surface area contributed by atoms with Gasteiger partial charge in [-0.1, -0.05) is 36.4 Å². The lowest BCUT2D eigenvalue weighted by molar-refractivity contribution is -0.113. The number of carbonyl (C=O) groups is 1. The van der Waals surface area contributed by atoms with Gasteiger partial charge in [-0.25, -0.2) is 4.39 Å². The number of rotatable bonds is 7. The van der Waals surface area contributed by atoms with Gasteiger partial charge in [0.25, 0.3) is 5.22 Å². The molecule has 0 spiro atoms. The standard InChI is InChI=1S/C22H23ClFN5O2S/c1-2-28-8-10-29(11-9-28)19-7-6-16(23)13-18(19)25-20(30)14-32-22-27-26-21(31-22)15-4-3-5-17(24)12-15/h3-7,12-13H,2,8-11,14H2,1H3,(H,25,30). The van der Waals surface area contributed by atoms with Gasteiger partial charge in [-0.2, -0.15) is 0 Å². The number of anilines is 2. The van der Waals surface area contributed by atoms with Gasteiger partial charge in [0.1, 0.15) is 5.82 Å². The van der Waals surface area contributed by atoms with Crippen molar-refractivity contribution in [3.05, 3.63) is 53.3 Å². The lowest BCUT2D eigenvalue weighted by atomic mass is 10.2. The summed E-state index contributed by atoms with van der Waals surface area (Å²) in [4.78, 5) is 17.3. The number of likely N-dealkylation sites (N-methyl/N-ethyl adjacent to an activating group) is 1. The van der Waals surface area contributed by atoms with Gasteiger partial charge in [0, 0.05) is 36.8 Å². The molecule has 10 heteroatoms. The third kappa shape index (κ3) is 5.59. The fourth-order valence-electron chi connectivity index (χ4n) is 3.51. The van der Waals surface area contributed by atoms with Crippen molar-refractivity contribution in [1.29, 1.82) is 0 Å². The van der Waals surface area contributed by atoms with Crippen molar-refractivity contribution in [3.63, 3.8) is 0 Å². The van der Waals surface area contributed by atoms with E-state index in [2.05, 4.69) is 32.2 Å². The molecule has 7 nitrogen and oxygen atoms in total. The highest BCUT2D eigenvalue weighted by atomic mass is 35.5. The smallest absolute Gasteiger partial charge is 0.277 e. The summed E-state index contributed by atoms with van der Waals surface area (Å²) in [6, 6.07) is 11.4. The molecule has 1 amide bonds. The third-order valence-electron chi connectivity index (χ3n) is 5.20. The van der Waals surface area contributed by atoms with Crippen molar-refractivity contribution in [2.45, 2.75) is 12.1 Å². The van der Waals surface area contributed by atoms with Crippen molar-refractivity contribution >= 4 is 40.6 Å². The normalized spacial score (nSPS) is 14.5. The molecule has 2 aromatic carbocycles. The minimum absolute atomic E-state index is 0.0837. The summed E-state index contributed by atoms with van der Waals surface area (Å²) < 4.78 is 18.9. The fourth-order valence-corrected chi connectivity index (χ4v) is 4.24. The fraction of sp³-hybridized carbons (Fsp3) is 0.318. The number of amides is 1. The summed E-state index contributed by atoms with van der Waals surface area (Å²) in [5.41, 5.74) is 2.12. The Hall–Kier alpha value is -2.62. The number of benzene rings is 2. The van der Waals surface area contributed by atoms with Crippen molar-refractivity contribution in [2.24, 2.45) is 0 Å². The summed E-state index contributed by atoms with van der Waals surface area (Å²) >= 11 is 7.30. The number of aromatic nitrogens is 2. The molecule has 1 aliphatic rings. The van der Waals surface area contributed by atoms with Crippen LogP contribution in [-0.2, 0) is 4.79 Å². The summed E-state index contributed by atoms with van der Waals surface area (Å²) in [6.45, 7) is 6.92. The van der Waals surface area contributed by atoms with E-state index in [1.165, 1.54) is 12.1 Å². The van der Waals surface area contributed by atoms with E-state index in [9.17, 15) is 9.18 Å². The van der Waals surface area contributed by atoms with Gasteiger partial charge in [0.15, 0.2) is 0 Å². The second-order valence-electron chi connectivity index (χ2n) is 7.30. The molecule has 1 N–H and O–H groups in total. The number of nitrogens with zero attached hydrogens (tertiary/aromatic N) is 4. The van der Waals surface area contributed by atoms with Crippen LogP contribution >= 0.6 is 23.4 Å². The molecule has 0 saturated carbocycles. The number of carbonyl (C=O) groups excluding carboxylic acids is 1. The van der Waals surface area contributed by atoms with Crippen LogP contribution in [0.15, 0.2) is 52.1 Å². The summed E-state index contributed by atoms with van der Waals surface area (Å²) in [6.07, 6.45) is 0. The van der Waals surface area contributed by atoms with Crippen LogP contribution in [0.3, 0.4) is 0 Å². The molecule has 4 rings (SSSR count). The van der Waals surface area contributed by atoms with Crippen LogP contribution in [-0.4, -0.2) is 59.5 Å². The third-order valence-corrected chi connectivity index (χ3v) is 6.25. The number of hydrogen-bond donors (Lipinski definition) is 1. The quantitative estimate of drug-likeness (QED) is 0.507. The highest BCUT2D eigenvalue weighted by Gasteiger charge is 2.20. The molecule has 2 heterocycles. The molecule has 1 fully saturated rings. The molecule has 0 radical (unpaired) electrons. The van der Waals surface area contributed by atoms with Gasteiger partial charge in [-0.3, -0.25) is 4.79 Å². The largest absolute Gasteiger partial charge is 0.411 e. The average Bonchev–Trinajstić information content (AvgIpc) is 3.27. The van der Waals surface area contributed by atoms with Crippen LogP contribution in [0, 0.1) is 5.82 Å². The zero-order valence-electron chi connectivity index (χ0n) is 17.6. The summed E-state index contributed by atoms with van der Waals surface area (Å²) in [7, 11) is 0. The minimum Gasteiger partial charge on any atom is -0.411 e. The Morgan fingerprint density at radius 3 is 2.75 bits per heavy atom. The lowest BCUT2D eigenvalue weighted by Crippen LogP contribution is -2.46. The molecule has 0 aliphatic carbocycles. The molecule has 32 heavy (non-hydrogen) atoms. The predicted molar refractivity (Wildman–Crippen MR) is 125 cm³/mol. The molecule has 1 aromatic heterocycles. The van der Waals surface area contributed by atoms with Crippen LogP contribution in [0.5, 0.6) is 0 Å². The SMILES string of the molecule is CCN1CCN(c2ccc(Cl)cc2NC(=O)CSc2nnc(-c3cccc(F)c3)o2)CC1. The molecule has 168 valence electrons. The Labute approximate surface area is 194 Å². The van der Waals surface area contributed by atoms with Crippen molar-refractivity contribution in [1.82, 2.24) is 15.1 Å². The van der Waals surface area contributed by atoms with E-state index in [1.807, 2.05) is 12.1 Å². The van der Waals surface area contributed by atoms with Crippen LogP contribution in [0.2, 0.25) is 5.02 Å². The van der Waals surface area contributed by atoms with Crippen LogP contribution in [0.25, 0.3) is 11.5 Å². The molecule has 1 aliphatic heterocycles. The van der Waals surface area contributed by atoms with E-state index in [1.54, 1.807) is 18.2 Å². The van der Waals surface area contributed by atoms with E-state index < -0.39 is 0 Å². The van der Waals surface area contributed by atoms with E-state index in [4.69, 9.17) is 16.0 Å². The maximum absolute atomic E-state index is 13.4. The monoisotopic (exact) mass is 475 g/mol. The maximum Gasteiger partial charge on any atom is 0.277 e. The van der Waals surface area contributed by atoms with Gasteiger partial charge in [0.05, 0.1) is 17.1 Å². The van der Waals surface area contributed by atoms with Crippen molar-refractivity contribution in [2.75, 3.05) is 48.7 Å². The van der Waals surface area contributed by atoms with Gasteiger partial charge < -0.3 is 19.5 Å². The van der Waals surface area contributed by atoms with Gasteiger partial charge in [0.2, 0.25) is 11.8 Å². The summed E-state index contributed by atoms with van der Waals surface area (Å²) in [5, 5.41) is 11.6. The topological polar surface area (TPSA) is 74.5 Å². The van der Waals surface area contributed by atoms with Crippen molar-refractivity contribution < 1.29 is 13.6 Å². The van der Waals surface area contributed by atoms with Gasteiger partial charge in [-0.15, -0.1) is 10.2 Å². The maximum atomic E-state index is 13.4. The van der Waals surface area contributed by atoms with Crippen LogP contribution < -0.4 is 10.2 Å². The van der Waals surface area contributed by atoms with Gasteiger partial charge in [-0.05, 0) is 42.9 Å². The average molecular weight is 476 g/mol. The number of halogens is 2. The van der Waals surface area contributed by atoms with Crippen LogP contribution in [0.4, 0.5) is 15.8 Å². The lowest BCUT2D eigenvalue weighted by Gasteiger charge is -2.36. The first-order chi connectivity index (χ1) is 15.5. The zero-order chi connectivity index (χ0) is 22.5. The van der Waals surface area contributed by atoms with E-state index in [0.717, 1.165) is 50.2 Å². The number of hydrogen-bond acceptors (Lipinski definition) is 7. The minimum atomic E-state index is -0.386. The molecule has 0 unspecified atom stereocenters.